The Labute approximate surface area is 118 Å². The zero-order valence-electron chi connectivity index (χ0n) is 12.6. The third-order valence-corrected chi connectivity index (χ3v) is 6.33. The molecule has 2 heteroatoms. The highest BCUT2D eigenvalue weighted by atomic mass is 16.3. The van der Waals surface area contributed by atoms with Gasteiger partial charge in [0.1, 0.15) is 0 Å². The van der Waals surface area contributed by atoms with Gasteiger partial charge in [0.2, 0.25) is 0 Å². The molecular formula is C17H31NO. The van der Waals surface area contributed by atoms with E-state index in [9.17, 15) is 5.11 Å². The third kappa shape index (κ3) is 2.25. The number of rotatable bonds is 4. The second kappa shape index (κ2) is 5.73. The van der Waals surface area contributed by atoms with Crippen LogP contribution in [0.25, 0.3) is 0 Å². The Morgan fingerprint density at radius 3 is 2.74 bits per heavy atom. The van der Waals surface area contributed by atoms with Gasteiger partial charge < -0.3 is 5.11 Å². The maximum Gasteiger partial charge on any atom is 0.0587 e. The third-order valence-electron chi connectivity index (χ3n) is 6.33. The van der Waals surface area contributed by atoms with E-state index >= 15 is 0 Å². The second-order valence-corrected chi connectivity index (χ2v) is 7.20. The number of aliphatic hydroxyl groups excluding tert-OH is 1. The van der Waals surface area contributed by atoms with Crippen LogP contribution in [0.4, 0.5) is 0 Å². The first-order valence-electron chi connectivity index (χ1n) is 8.71. The molecule has 2 aliphatic heterocycles. The summed E-state index contributed by atoms with van der Waals surface area (Å²) in [6, 6.07) is 1.25. The average molecular weight is 265 g/mol. The molecule has 3 aliphatic rings. The molecule has 2 nitrogen and oxygen atoms in total. The Morgan fingerprint density at radius 1 is 1.05 bits per heavy atom. The summed E-state index contributed by atoms with van der Waals surface area (Å²) in [7, 11) is 0. The Kier molecular flexibility index (Phi) is 4.19. The van der Waals surface area contributed by atoms with Crippen molar-refractivity contribution in [3.8, 4) is 0 Å². The van der Waals surface area contributed by atoms with Crippen molar-refractivity contribution in [1.29, 1.82) is 0 Å². The Morgan fingerprint density at radius 2 is 1.95 bits per heavy atom. The molecule has 19 heavy (non-hydrogen) atoms. The minimum Gasteiger partial charge on any atom is -0.395 e. The van der Waals surface area contributed by atoms with Gasteiger partial charge in [0.25, 0.3) is 0 Å². The van der Waals surface area contributed by atoms with Crippen LogP contribution in [0.5, 0.6) is 0 Å². The van der Waals surface area contributed by atoms with Gasteiger partial charge >= 0.3 is 0 Å². The molecule has 1 spiro atoms. The van der Waals surface area contributed by atoms with Gasteiger partial charge in [-0.1, -0.05) is 32.6 Å². The van der Waals surface area contributed by atoms with Gasteiger partial charge in [-0.05, 0) is 50.9 Å². The largest absolute Gasteiger partial charge is 0.395 e. The number of aliphatic hydroxyl groups is 1. The van der Waals surface area contributed by atoms with E-state index in [1.807, 2.05) is 0 Å². The first-order valence-corrected chi connectivity index (χ1v) is 8.71. The van der Waals surface area contributed by atoms with Crippen LogP contribution in [0.1, 0.15) is 77.6 Å². The molecule has 3 rings (SSSR count). The highest BCUT2D eigenvalue weighted by molar-refractivity contribution is 5.10. The molecule has 0 bridgehead atoms. The van der Waals surface area contributed by atoms with Gasteiger partial charge in [0.15, 0.2) is 0 Å². The monoisotopic (exact) mass is 265 g/mol. The summed E-state index contributed by atoms with van der Waals surface area (Å²) in [6.07, 6.45) is 15.2. The summed E-state index contributed by atoms with van der Waals surface area (Å²) < 4.78 is 0. The van der Waals surface area contributed by atoms with Crippen molar-refractivity contribution in [3.05, 3.63) is 0 Å². The predicted molar refractivity (Wildman–Crippen MR) is 79.2 cm³/mol. The van der Waals surface area contributed by atoms with Gasteiger partial charge in [-0.15, -0.1) is 0 Å². The fraction of sp³-hybridized carbons (Fsp3) is 1.00. The van der Waals surface area contributed by atoms with Crippen molar-refractivity contribution in [1.82, 2.24) is 4.90 Å². The lowest BCUT2D eigenvalue weighted by atomic mass is 9.66. The van der Waals surface area contributed by atoms with E-state index in [4.69, 9.17) is 0 Å². The molecular weight excluding hydrogens is 234 g/mol. The van der Waals surface area contributed by atoms with Gasteiger partial charge in [-0.25, -0.2) is 0 Å². The quantitative estimate of drug-likeness (QED) is 0.837. The van der Waals surface area contributed by atoms with Crippen LogP contribution in [-0.2, 0) is 0 Å². The maximum atomic E-state index is 9.79. The second-order valence-electron chi connectivity index (χ2n) is 7.20. The fourth-order valence-electron chi connectivity index (χ4n) is 5.52. The molecule has 0 amide bonds. The fourth-order valence-corrected chi connectivity index (χ4v) is 5.52. The molecule has 0 radical (unpaired) electrons. The minimum absolute atomic E-state index is 0.386. The number of hydrogen-bond acceptors (Lipinski definition) is 2. The van der Waals surface area contributed by atoms with Gasteiger partial charge in [-0.3, -0.25) is 4.90 Å². The van der Waals surface area contributed by atoms with E-state index in [1.54, 1.807) is 0 Å². The van der Waals surface area contributed by atoms with Crippen molar-refractivity contribution in [2.75, 3.05) is 6.61 Å². The summed E-state index contributed by atoms with van der Waals surface area (Å²) >= 11 is 0. The summed E-state index contributed by atoms with van der Waals surface area (Å²) in [5.41, 5.74) is 0.502. The van der Waals surface area contributed by atoms with Crippen molar-refractivity contribution in [3.63, 3.8) is 0 Å². The number of piperidine rings is 1. The van der Waals surface area contributed by atoms with E-state index in [-0.39, 0.29) is 0 Å². The Hall–Kier alpha value is -0.0800. The zero-order chi connectivity index (χ0) is 13.3. The molecule has 0 unspecified atom stereocenters. The molecule has 2 heterocycles. The average Bonchev–Trinajstić information content (AvgIpc) is 2.83. The number of hydrogen-bond donors (Lipinski definition) is 1. The van der Waals surface area contributed by atoms with E-state index < -0.39 is 0 Å². The van der Waals surface area contributed by atoms with E-state index in [0.717, 1.165) is 12.0 Å². The lowest BCUT2D eigenvalue weighted by molar-refractivity contribution is -0.0702. The molecule has 1 saturated carbocycles. The first-order chi connectivity index (χ1) is 9.31. The first kappa shape index (κ1) is 13.9. The molecule has 1 aliphatic carbocycles. The summed E-state index contributed by atoms with van der Waals surface area (Å²) in [4.78, 5) is 2.84. The highest BCUT2D eigenvalue weighted by Crippen LogP contribution is 2.54. The summed E-state index contributed by atoms with van der Waals surface area (Å²) in [6.45, 7) is 2.69. The van der Waals surface area contributed by atoms with Crippen LogP contribution >= 0.6 is 0 Å². The molecule has 0 aromatic heterocycles. The van der Waals surface area contributed by atoms with Crippen LogP contribution < -0.4 is 0 Å². The number of nitrogens with zero attached hydrogens (tertiary/aromatic N) is 1. The van der Waals surface area contributed by atoms with E-state index in [0.29, 0.717) is 18.2 Å². The van der Waals surface area contributed by atoms with Crippen LogP contribution in [0.2, 0.25) is 0 Å². The van der Waals surface area contributed by atoms with Crippen LogP contribution in [0, 0.1) is 5.92 Å². The molecule has 2 saturated heterocycles. The van der Waals surface area contributed by atoms with Crippen molar-refractivity contribution in [2.45, 2.75) is 95.2 Å². The predicted octanol–water partition coefficient (Wildman–Crippen LogP) is 3.72. The normalized spacial score (nSPS) is 42.9. The van der Waals surface area contributed by atoms with Crippen LogP contribution in [0.15, 0.2) is 0 Å². The van der Waals surface area contributed by atoms with Gasteiger partial charge in [-0.2, -0.15) is 0 Å². The standard InChI is InChI=1S/C17H31NO/c1-2-3-7-15-9-8-14-6-4-5-11-17(14)12-10-16(13-19)18(15)17/h14-16,19H,2-13H2,1H3/t14-,15-,16+,17+/m1/s1. The van der Waals surface area contributed by atoms with Crippen molar-refractivity contribution in [2.24, 2.45) is 5.92 Å². The maximum absolute atomic E-state index is 9.79. The van der Waals surface area contributed by atoms with E-state index in [1.165, 1.54) is 70.6 Å². The minimum atomic E-state index is 0.386. The zero-order valence-corrected chi connectivity index (χ0v) is 12.6. The lowest BCUT2D eigenvalue weighted by Gasteiger charge is -2.56. The summed E-state index contributed by atoms with van der Waals surface area (Å²) in [5.74, 6) is 0.940. The SMILES string of the molecule is CCCC[C@@H]1CC[C@H]2CCCC[C@]23CC[C@@H](CO)N13. The summed E-state index contributed by atoms with van der Waals surface area (Å²) in [5, 5.41) is 9.79. The number of unbranched alkanes of at least 4 members (excludes halogenated alkanes) is 1. The van der Waals surface area contributed by atoms with Crippen molar-refractivity contribution >= 4 is 0 Å². The molecule has 110 valence electrons. The topological polar surface area (TPSA) is 23.5 Å². The highest BCUT2D eigenvalue weighted by Gasteiger charge is 2.55. The molecule has 0 aromatic carbocycles. The molecule has 3 fully saturated rings. The van der Waals surface area contributed by atoms with Crippen molar-refractivity contribution < 1.29 is 5.11 Å². The van der Waals surface area contributed by atoms with Crippen LogP contribution in [0.3, 0.4) is 0 Å². The van der Waals surface area contributed by atoms with Gasteiger partial charge in [0, 0.05) is 17.6 Å². The van der Waals surface area contributed by atoms with Gasteiger partial charge in [0.05, 0.1) is 6.61 Å². The lowest BCUT2D eigenvalue weighted by Crippen LogP contribution is -2.61. The smallest absolute Gasteiger partial charge is 0.0587 e. The molecule has 4 atom stereocenters. The van der Waals surface area contributed by atoms with E-state index in [2.05, 4.69) is 11.8 Å². The molecule has 1 N–H and O–H groups in total. The Bertz CT molecular complexity index is 306. The van der Waals surface area contributed by atoms with Crippen LogP contribution in [-0.4, -0.2) is 34.2 Å². The molecule has 0 aromatic rings. The Balaban J connectivity index is 1.83.